The van der Waals surface area contributed by atoms with E-state index in [0.29, 0.717) is 134 Å². The second-order valence-corrected chi connectivity index (χ2v) is 29.9. The van der Waals surface area contributed by atoms with Crippen molar-refractivity contribution in [1.29, 1.82) is 0 Å². The number of pyridine rings is 7. The second kappa shape index (κ2) is 41.8. The molecule has 16 rings (SSSR count). The number of anilines is 3. The number of methoxy groups -OCH3 is 2. The molecule has 12 aromatic rings. The minimum Gasteiger partial charge on any atom is -0.505 e. The Kier molecular flexibility index (Phi) is 30.4. The van der Waals surface area contributed by atoms with Gasteiger partial charge in [-0.2, -0.15) is 0 Å². The lowest BCUT2D eigenvalue weighted by Gasteiger charge is -2.24. The van der Waals surface area contributed by atoms with E-state index in [1.807, 2.05) is 0 Å². The van der Waals surface area contributed by atoms with Crippen LogP contribution >= 0.6 is 47.8 Å². The topological polar surface area (TPSA) is 408 Å². The summed E-state index contributed by atoms with van der Waals surface area (Å²) >= 11 is 10.1. The molecule has 30 nitrogen and oxygen atoms in total. The Morgan fingerprint density at radius 2 is 0.872 bits per heavy atom. The number of benzene rings is 5. The standard InChI is InChI=1S/C20H18FN3O5.C20H17FN2O5.C16H14BrFN2O3.C16H15FN2O3.C15H13Br2FN2O3/c21-13-3-1-11(2-4-13)9-12-10-23-15-16-18(12)29-8-6-24(16)20(28)14(17(15)26)19(27)22-5-7-25;1-2-27-20(26)14-17(24)15-16-18(28-8-7-23(16)19(14)25)12(10-22-15)9-11-3-5-13(21)6-4-11;1-22-16(21)13-12-14(23-7-6-19-12)11(15(17)20-13)8-9-2-4-10(18)5-3-9;1-21-16(20)14-13-15(22-7-6-18-13)11(9-19-14)8-10-2-4-12(17)5-3-10;16-11-10(7-8-1-3-9(18)4-2-8)14(17)20-13(15(22)23)12(11)19-5-6-21/h1-4,10,25-26H,5-9H2,(H,22,27);3-6,10,24H,2,7-9H2,1H3;2-5,19H,6-8H2,1H3;2-5,9,18H,6-8H2,1H3;1-4,19,21H,5-7H2,(H,22,23). The summed E-state index contributed by atoms with van der Waals surface area (Å²) in [6, 6.07) is 30.6. The molecule has 650 valence electrons. The summed E-state index contributed by atoms with van der Waals surface area (Å²) in [4.78, 5) is 106. The summed E-state index contributed by atoms with van der Waals surface area (Å²) in [5, 5.41) is 59.7. The van der Waals surface area contributed by atoms with Gasteiger partial charge in [0, 0.05) is 109 Å². The third-order valence-electron chi connectivity index (χ3n) is 19.4. The van der Waals surface area contributed by atoms with Gasteiger partial charge >= 0.3 is 23.9 Å². The van der Waals surface area contributed by atoms with Crippen LogP contribution in [-0.4, -0.2) is 176 Å². The number of aromatic hydroxyl groups is 2. The van der Waals surface area contributed by atoms with Crippen LogP contribution in [0, 0.1) is 29.1 Å². The van der Waals surface area contributed by atoms with Gasteiger partial charge in [-0.25, -0.2) is 56.1 Å². The van der Waals surface area contributed by atoms with E-state index in [-0.39, 0.29) is 116 Å². The maximum Gasteiger partial charge on any atom is 0.359 e. The number of aromatic nitrogens is 7. The smallest absolute Gasteiger partial charge is 0.359 e. The zero-order valence-corrected chi connectivity index (χ0v) is 71.4. The molecule has 0 atom stereocenters. The van der Waals surface area contributed by atoms with Gasteiger partial charge in [0.05, 0.1) is 52.8 Å². The maximum atomic E-state index is 13.2. The van der Waals surface area contributed by atoms with Gasteiger partial charge in [-0.3, -0.25) is 33.5 Å². The summed E-state index contributed by atoms with van der Waals surface area (Å²) in [6.07, 6.45) is 6.91. The highest BCUT2D eigenvalue weighted by molar-refractivity contribution is 9.11. The minimum atomic E-state index is -1.18. The largest absolute Gasteiger partial charge is 0.505 e. The monoisotopic (exact) mass is 1910 g/mol. The van der Waals surface area contributed by atoms with E-state index in [0.717, 1.165) is 44.5 Å². The van der Waals surface area contributed by atoms with Gasteiger partial charge in [-0.1, -0.05) is 60.7 Å². The van der Waals surface area contributed by atoms with Crippen molar-refractivity contribution in [3.05, 3.63) is 287 Å². The molecule has 11 heterocycles. The maximum absolute atomic E-state index is 13.2. The molecular weight excluding hydrogens is 1840 g/mol. The molecule has 0 spiro atoms. The summed E-state index contributed by atoms with van der Waals surface area (Å²) < 4.78 is 107. The van der Waals surface area contributed by atoms with E-state index in [2.05, 4.69) is 94.0 Å². The van der Waals surface area contributed by atoms with E-state index >= 15 is 0 Å². The number of aliphatic hydroxyl groups excluding tert-OH is 2. The van der Waals surface area contributed by atoms with Crippen molar-refractivity contribution in [2.75, 3.05) is 103 Å². The van der Waals surface area contributed by atoms with Gasteiger partial charge in [0.1, 0.15) is 109 Å². The van der Waals surface area contributed by atoms with E-state index in [9.17, 15) is 70.8 Å². The first kappa shape index (κ1) is 91.0. The Morgan fingerprint density at radius 3 is 1.32 bits per heavy atom. The molecule has 0 saturated heterocycles. The van der Waals surface area contributed by atoms with Crippen LogP contribution in [0.5, 0.6) is 34.5 Å². The minimum absolute atomic E-state index is 0.0475. The number of carbonyl (C=O) groups excluding carboxylic acids is 4. The van der Waals surface area contributed by atoms with E-state index in [1.165, 1.54) is 96.4 Å². The van der Waals surface area contributed by atoms with Crippen LogP contribution in [0.25, 0.3) is 22.1 Å². The fourth-order valence-electron chi connectivity index (χ4n) is 13.6. The number of aliphatic hydroxyl groups is 2. The van der Waals surface area contributed by atoms with Crippen LogP contribution in [-0.2, 0) is 59.4 Å². The third-order valence-corrected chi connectivity index (χ3v) is 21.6. The molecule has 5 aromatic carbocycles. The first-order valence-electron chi connectivity index (χ1n) is 38.4. The van der Waals surface area contributed by atoms with E-state index in [4.69, 9.17) is 43.4 Å². The van der Waals surface area contributed by atoms with Gasteiger partial charge in [-0.05, 0) is 143 Å². The summed E-state index contributed by atoms with van der Waals surface area (Å²) in [7, 11) is 2.62. The normalized spacial score (nSPS) is 12.3. The van der Waals surface area contributed by atoms with Gasteiger partial charge in [0.15, 0.2) is 51.4 Å². The number of carboxylic acid groups (broad SMARTS) is 1. The Balaban J connectivity index is 0.000000143. The van der Waals surface area contributed by atoms with Crippen molar-refractivity contribution in [2.24, 2.45) is 0 Å². The molecule has 0 fully saturated rings. The number of nitrogens with zero attached hydrogens (tertiary/aromatic N) is 7. The predicted octanol–water partition coefficient (Wildman–Crippen LogP) is 12.4. The first-order valence-corrected chi connectivity index (χ1v) is 40.8. The molecule has 4 aliphatic heterocycles. The molecule has 4 aliphatic rings. The fourth-order valence-corrected chi connectivity index (χ4v) is 15.6. The van der Waals surface area contributed by atoms with Crippen molar-refractivity contribution in [3.8, 4) is 34.5 Å². The number of hydrogen-bond donors (Lipinski definition) is 9. The Hall–Kier alpha value is -13.2. The van der Waals surface area contributed by atoms with Gasteiger partial charge < -0.3 is 80.0 Å². The number of fused-ring (bicyclic) bond motifs is 2. The SMILES string of the molecule is CCOC(=O)c1c(O)c2ncc(Cc3ccc(F)cc3)c3c2n(c1=O)CCO3.COC(=O)c1nc(Br)c(Cc2ccc(F)cc2)c2c1NCCO2.COC(=O)c1ncc(Cc2ccc(F)cc2)c2c1NCCO2.O=C(NCCO)c1c(O)c2ncc(Cc3ccc(F)cc3)c3c2n(c1=O)CCO3.O=C(O)c1nc(Br)c(Cc2ccc(F)cc2)c(Br)c1NCCO. The molecule has 0 unspecified atom stereocenters. The van der Waals surface area contributed by atoms with Crippen LogP contribution in [0.2, 0.25) is 0 Å². The zero-order chi connectivity index (χ0) is 89.3. The van der Waals surface area contributed by atoms with Crippen LogP contribution in [0.3, 0.4) is 0 Å². The third kappa shape index (κ3) is 21.2. The predicted molar refractivity (Wildman–Crippen MR) is 457 cm³/mol. The van der Waals surface area contributed by atoms with Crippen molar-refractivity contribution >= 4 is 117 Å². The number of rotatable bonds is 21. The van der Waals surface area contributed by atoms with Crippen LogP contribution in [0.1, 0.15) is 115 Å². The van der Waals surface area contributed by atoms with Crippen molar-refractivity contribution in [2.45, 2.75) is 52.1 Å². The highest BCUT2D eigenvalue weighted by Gasteiger charge is 2.33. The molecule has 125 heavy (non-hydrogen) atoms. The molecule has 1 amide bonds. The number of carbonyl (C=O) groups is 5. The van der Waals surface area contributed by atoms with Crippen molar-refractivity contribution < 1.29 is 105 Å². The number of aromatic carboxylic acids is 1. The molecule has 0 bridgehead atoms. The lowest BCUT2D eigenvalue weighted by Crippen LogP contribution is -2.36. The number of nitrogens with one attached hydrogen (secondary N) is 4. The number of amides is 1. The lowest BCUT2D eigenvalue weighted by atomic mass is 10.0. The summed E-state index contributed by atoms with van der Waals surface area (Å²) in [5.74, 6) is -4.50. The number of hydrogen-bond acceptors (Lipinski definition) is 26. The van der Waals surface area contributed by atoms with Gasteiger partial charge in [0.25, 0.3) is 17.0 Å². The molecule has 7 aromatic heterocycles. The molecular formula is C87H77Br3F5N11O19. The molecule has 38 heteroatoms. The number of esters is 3. The molecule has 0 radical (unpaired) electrons. The molecule has 0 aliphatic carbocycles. The summed E-state index contributed by atoms with van der Waals surface area (Å²) in [6.45, 7) is 4.43. The molecule has 9 N–H and O–H groups in total. The first-order chi connectivity index (χ1) is 60.2. The average Bonchev–Trinajstić information content (AvgIpc) is 0.808. The van der Waals surface area contributed by atoms with Crippen LogP contribution < -0.4 is 51.3 Å². The van der Waals surface area contributed by atoms with Crippen LogP contribution in [0.4, 0.5) is 39.0 Å². The number of halogens is 8. The lowest BCUT2D eigenvalue weighted by molar-refractivity contribution is 0.0517. The van der Waals surface area contributed by atoms with E-state index < -0.39 is 63.5 Å². The fraction of sp³-hybridized carbons (Fsp3) is 0.241. The van der Waals surface area contributed by atoms with E-state index in [1.54, 1.807) is 73.8 Å². The van der Waals surface area contributed by atoms with Crippen molar-refractivity contribution in [1.82, 2.24) is 39.4 Å². The zero-order valence-electron chi connectivity index (χ0n) is 66.6. The average molecular weight is 1920 g/mol. The second-order valence-electron chi connectivity index (χ2n) is 27.6. The Morgan fingerprint density at radius 1 is 0.488 bits per heavy atom. The molecule has 0 saturated carbocycles. The highest BCUT2D eigenvalue weighted by atomic mass is 79.9. The Labute approximate surface area is 732 Å². The Bertz CT molecular complexity index is 6190. The quantitative estimate of drug-likeness (QED) is 0.0140. The number of carboxylic acids is 1. The van der Waals surface area contributed by atoms with Crippen molar-refractivity contribution in [3.63, 3.8) is 0 Å². The highest BCUT2D eigenvalue weighted by Crippen LogP contribution is 2.43. The van der Waals surface area contributed by atoms with Gasteiger partial charge in [0.2, 0.25) is 0 Å². The van der Waals surface area contributed by atoms with Gasteiger partial charge in [-0.15, -0.1) is 0 Å². The van der Waals surface area contributed by atoms with Crippen LogP contribution in [0.15, 0.2) is 163 Å². The summed E-state index contributed by atoms with van der Waals surface area (Å²) in [5.41, 5.74) is 8.39. The number of ether oxygens (including phenoxy) is 7.